The summed E-state index contributed by atoms with van der Waals surface area (Å²) in [4.78, 5) is 20.1. The molecule has 0 amide bonds. The number of carbonyl (C=O) groups excluding carboxylic acids is 1. The van der Waals surface area contributed by atoms with Crippen LogP contribution in [0.4, 0.5) is 0 Å². The van der Waals surface area contributed by atoms with E-state index in [0.717, 1.165) is 23.5 Å². The average Bonchev–Trinajstić information content (AvgIpc) is 2.84. The van der Waals surface area contributed by atoms with Crippen LogP contribution in [0.25, 0.3) is 11.4 Å². The molecule has 0 N–H and O–H groups in total. The van der Waals surface area contributed by atoms with Crippen LogP contribution in [0.5, 0.6) is 0 Å². The van der Waals surface area contributed by atoms with Crippen molar-refractivity contribution in [3.8, 4) is 11.4 Å². The van der Waals surface area contributed by atoms with E-state index in [1.54, 1.807) is 12.4 Å². The number of ether oxygens (including phenoxy) is 1. The molecule has 1 aliphatic heterocycles. The van der Waals surface area contributed by atoms with Gasteiger partial charge in [-0.1, -0.05) is 11.6 Å². The van der Waals surface area contributed by atoms with E-state index < -0.39 is 0 Å². The van der Waals surface area contributed by atoms with Gasteiger partial charge in [0.2, 0.25) is 0 Å². The number of hydrogen-bond acceptors (Lipinski definition) is 4. The van der Waals surface area contributed by atoms with Crippen molar-refractivity contribution in [3.63, 3.8) is 0 Å². The van der Waals surface area contributed by atoms with E-state index in [-0.39, 0.29) is 11.9 Å². The van der Waals surface area contributed by atoms with Crippen LogP contribution in [0.3, 0.4) is 0 Å². The first-order valence-corrected chi connectivity index (χ1v) is 6.81. The summed E-state index contributed by atoms with van der Waals surface area (Å²) < 4.78 is 6.90. The summed E-state index contributed by atoms with van der Waals surface area (Å²) in [5, 5.41) is 0.463. The van der Waals surface area contributed by atoms with Gasteiger partial charge in [-0.3, -0.25) is 9.78 Å². The lowest BCUT2D eigenvalue weighted by Gasteiger charge is -2.23. The molecule has 104 valence electrons. The standard InChI is InChI=1S/C14H14ClN3O2/c1-20-14(19)10-4-7-18-11(8-10)12(15)17-13(18)9-2-5-16-6-3-9/h2-3,5-6,10H,4,7-8H2,1H3. The van der Waals surface area contributed by atoms with Gasteiger partial charge in [0.15, 0.2) is 5.15 Å². The van der Waals surface area contributed by atoms with Gasteiger partial charge in [-0.25, -0.2) is 4.98 Å². The molecule has 6 heteroatoms. The first kappa shape index (κ1) is 13.1. The molecule has 1 aliphatic rings. The quantitative estimate of drug-likeness (QED) is 0.797. The van der Waals surface area contributed by atoms with Crippen molar-refractivity contribution in [3.05, 3.63) is 35.4 Å². The zero-order valence-corrected chi connectivity index (χ0v) is 11.8. The van der Waals surface area contributed by atoms with Crippen molar-refractivity contribution in [2.24, 2.45) is 5.92 Å². The molecular formula is C14H14ClN3O2. The third-order valence-electron chi connectivity index (χ3n) is 3.64. The molecule has 3 rings (SSSR count). The Kier molecular flexibility index (Phi) is 3.44. The molecule has 3 heterocycles. The Morgan fingerprint density at radius 2 is 2.20 bits per heavy atom. The molecule has 0 aromatic carbocycles. The maximum Gasteiger partial charge on any atom is 0.309 e. The van der Waals surface area contributed by atoms with Crippen molar-refractivity contribution >= 4 is 17.6 Å². The van der Waals surface area contributed by atoms with Crippen LogP contribution in [0.15, 0.2) is 24.5 Å². The second kappa shape index (κ2) is 5.25. The van der Waals surface area contributed by atoms with Crippen LogP contribution < -0.4 is 0 Å². The minimum atomic E-state index is -0.182. The lowest BCUT2D eigenvalue weighted by molar-refractivity contribution is -0.146. The summed E-state index contributed by atoms with van der Waals surface area (Å²) in [6.45, 7) is 0.715. The highest BCUT2D eigenvalue weighted by Gasteiger charge is 2.29. The van der Waals surface area contributed by atoms with Crippen molar-refractivity contribution in [2.45, 2.75) is 19.4 Å². The fourth-order valence-corrected chi connectivity index (χ4v) is 2.86. The molecule has 0 fully saturated rings. The van der Waals surface area contributed by atoms with E-state index in [1.807, 2.05) is 12.1 Å². The second-order valence-corrected chi connectivity index (χ2v) is 5.13. The molecule has 0 saturated heterocycles. The van der Waals surface area contributed by atoms with Gasteiger partial charge in [-0.2, -0.15) is 0 Å². The van der Waals surface area contributed by atoms with E-state index >= 15 is 0 Å². The first-order chi connectivity index (χ1) is 9.70. The van der Waals surface area contributed by atoms with Gasteiger partial charge >= 0.3 is 5.97 Å². The summed E-state index contributed by atoms with van der Waals surface area (Å²) in [6, 6.07) is 3.80. The highest BCUT2D eigenvalue weighted by Crippen LogP contribution is 2.32. The predicted octanol–water partition coefficient (Wildman–Crippen LogP) is 2.33. The number of pyridine rings is 1. The Labute approximate surface area is 121 Å². The lowest BCUT2D eigenvalue weighted by Crippen LogP contribution is -2.26. The first-order valence-electron chi connectivity index (χ1n) is 6.44. The number of nitrogens with zero attached hydrogens (tertiary/aromatic N) is 3. The SMILES string of the molecule is COC(=O)C1CCn2c(-c3ccncc3)nc(Cl)c2C1. The largest absolute Gasteiger partial charge is 0.469 e. The Morgan fingerprint density at radius 3 is 2.90 bits per heavy atom. The number of fused-ring (bicyclic) bond motifs is 1. The molecule has 5 nitrogen and oxygen atoms in total. The van der Waals surface area contributed by atoms with Crippen molar-refractivity contribution in [2.75, 3.05) is 7.11 Å². The molecule has 0 aliphatic carbocycles. The Hall–Kier alpha value is -1.88. The molecule has 20 heavy (non-hydrogen) atoms. The van der Waals surface area contributed by atoms with Gasteiger partial charge in [0, 0.05) is 30.9 Å². The Bertz CT molecular complexity index is 639. The highest BCUT2D eigenvalue weighted by atomic mass is 35.5. The monoisotopic (exact) mass is 291 g/mol. The van der Waals surface area contributed by atoms with Crippen molar-refractivity contribution < 1.29 is 9.53 Å². The minimum absolute atomic E-state index is 0.132. The zero-order valence-electron chi connectivity index (χ0n) is 11.0. The summed E-state index contributed by atoms with van der Waals surface area (Å²) in [5.41, 5.74) is 1.88. The van der Waals surface area contributed by atoms with E-state index in [0.29, 0.717) is 18.1 Å². The average molecular weight is 292 g/mol. The van der Waals surface area contributed by atoms with Crippen LogP contribution in [0.2, 0.25) is 5.15 Å². The summed E-state index contributed by atoms with van der Waals surface area (Å²) >= 11 is 6.23. The van der Waals surface area contributed by atoms with E-state index in [2.05, 4.69) is 14.5 Å². The van der Waals surface area contributed by atoms with Gasteiger partial charge < -0.3 is 9.30 Å². The van der Waals surface area contributed by atoms with Gasteiger partial charge in [0.1, 0.15) is 5.82 Å². The molecule has 0 bridgehead atoms. The fraction of sp³-hybridized carbons (Fsp3) is 0.357. The van der Waals surface area contributed by atoms with Crippen LogP contribution in [-0.4, -0.2) is 27.6 Å². The maximum absolute atomic E-state index is 11.7. The predicted molar refractivity (Wildman–Crippen MR) is 74.3 cm³/mol. The summed E-state index contributed by atoms with van der Waals surface area (Å²) in [7, 11) is 1.41. The van der Waals surface area contributed by atoms with Crippen LogP contribution >= 0.6 is 11.6 Å². The van der Waals surface area contributed by atoms with Gasteiger partial charge in [0.25, 0.3) is 0 Å². The fourth-order valence-electron chi connectivity index (χ4n) is 2.60. The number of methoxy groups -OCH3 is 1. The third-order valence-corrected chi connectivity index (χ3v) is 3.94. The number of esters is 1. The minimum Gasteiger partial charge on any atom is -0.469 e. The smallest absolute Gasteiger partial charge is 0.309 e. The summed E-state index contributed by atoms with van der Waals surface area (Å²) in [5.74, 6) is 0.515. The molecule has 0 spiro atoms. The highest BCUT2D eigenvalue weighted by molar-refractivity contribution is 6.30. The van der Waals surface area contributed by atoms with Crippen LogP contribution in [0, 0.1) is 5.92 Å². The summed E-state index contributed by atoms with van der Waals surface area (Å²) in [6.07, 6.45) is 4.77. The number of carbonyl (C=O) groups is 1. The number of imidazole rings is 1. The van der Waals surface area contributed by atoms with Gasteiger partial charge in [0.05, 0.1) is 18.7 Å². The lowest BCUT2D eigenvalue weighted by atomic mass is 9.96. The molecule has 2 aromatic heterocycles. The number of rotatable bonds is 2. The van der Waals surface area contributed by atoms with Crippen molar-refractivity contribution in [1.29, 1.82) is 0 Å². The topological polar surface area (TPSA) is 57.0 Å². The van der Waals surface area contributed by atoms with Gasteiger partial charge in [-0.05, 0) is 18.6 Å². The number of hydrogen-bond donors (Lipinski definition) is 0. The molecule has 1 unspecified atom stereocenters. The molecule has 0 radical (unpaired) electrons. The van der Waals surface area contributed by atoms with E-state index in [9.17, 15) is 4.79 Å². The third kappa shape index (κ3) is 2.18. The second-order valence-electron chi connectivity index (χ2n) is 4.77. The van der Waals surface area contributed by atoms with Gasteiger partial charge in [-0.15, -0.1) is 0 Å². The van der Waals surface area contributed by atoms with Crippen LogP contribution in [-0.2, 0) is 22.5 Å². The Morgan fingerprint density at radius 1 is 1.45 bits per heavy atom. The van der Waals surface area contributed by atoms with Crippen LogP contribution in [0.1, 0.15) is 12.1 Å². The maximum atomic E-state index is 11.7. The molecule has 1 atom stereocenters. The Balaban J connectivity index is 1.98. The van der Waals surface area contributed by atoms with E-state index in [1.165, 1.54) is 7.11 Å². The molecule has 2 aromatic rings. The molecular weight excluding hydrogens is 278 g/mol. The number of halogens is 1. The normalized spacial score (nSPS) is 17.6. The van der Waals surface area contributed by atoms with Crippen molar-refractivity contribution in [1.82, 2.24) is 14.5 Å². The van der Waals surface area contributed by atoms with E-state index in [4.69, 9.17) is 16.3 Å². The molecule has 0 saturated carbocycles. The zero-order chi connectivity index (χ0) is 14.1. The number of aromatic nitrogens is 3.